The summed E-state index contributed by atoms with van der Waals surface area (Å²) in [5, 5.41) is 11.0. The van der Waals surface area contributed by atoms with E-state index in [1.54, 1.807) is 0 Å². The summed E-state index contributed by atoms with van der Waals surface area (Å²) < 4.78 is 0. The summed E-state index contributed by atoms with van der Waals surface area (Å²) in [5.74, 6) is 5.97. The Morgan fingerprint density at radius 3 is 2.33 bits per heavy atom. The van der Waals surface area contributed by atoms with Crippen LogP contribution in [0.4, 0.5) is 0 Å². The van der Waals surface area contributed by atoms with Gasteiger partial charge in [0.1, 0.15) is 0 Å². The lowest BCUT2D eigenvalue weighted by Gasteiger charge is -2.62. The Balaban J connectivity index is 1.49. The second kappa shape index (κ2) is 8.24. The van der Waals surface area contributed by atoms with Gasteiger partial charge in [-0.1, -0.05) is 53.7 Å². The van der Waals surface area contributed by atoms with Gasteiger partial charge in [-0.15, -0.1) is 0 Å². The van der Waals surface area contributed by atoms with E-state index in [0.717, 1.165) is 60.7 Å². The number of rotatable bonds is 5. The maximum absolute atomic E-state index is 11.0. The quantitative estimate of drug-likeness (QED) is 0.451. The molecule has 1 N–H and O–H groups in total. The molecule has 0 spiro atoms. The Labute approximate surface area is 187 Å². The molecule has 0 aromatic heterocycles. The van der Waals surface area contributed by atoms with Gasteiger partial charge in [-0.3, -0.25) is 0 Å². The molecule has 2 unspecified atom stereocenters. The van der Waals surface area contributed by atoms with Gasteiger partial charge in [-0.05, 0) is 123 Å². The predicted octanol–water partition coefficient (Wildman–Crippen LogP) is 8.02. The van der Waals surface area contributed by atoms with Gasteiger partial charge < -0.3 is 5.11 Å². The zero-order chi connectivity index (χ0) is 21.7. The van der Waals surface area contributed by atoms with Crippen LogP contribution in [0.15, 0.2) is 12.2 Å². The largest absolute Gasteiger partial charge is 0.390 e. The molecule has 0 bridgehead atoms. The van der Waals surface area contributed by atoms with Gasteiger partial charge in [0.2, 0.25) is 0 Å². The molecule has 1 nitrogen and oxygen atoms in total. The molecule has 0 heterocycles. The zero-order valence-corrected chi connectivity index (χ0v) is 20.9. The molecule has 0 aromatic carbocycles. The molecule has 172 valence electrons. The van der Waals surface area contributed by atoms with Gasteiger partial charge in [-0.2, -0.15) is 0 Å². The lowest BCUT2D eigenvalue weighted by atomic mass is 9.43. The normalized spacial score (nSPS) is 49.7. The van der Waals surface area contributed by atoms with Crippen molar-refractivity contribution in [3.8, 4) is 0 Å². The summed E-state index contributed by atoms with van der Waals surface area (Å²) in [6.45, 7) is 14.7. The first-order valence-electron chi connectivity index (χ1n) is 13.5. The van der Waals surface area contributed by atoms with Crippen LogP contribution in [-0.4, -0.2) is 10.7 Å². The highest BCUT2D eigenvalue weighted by Crippen LogP contribution is 2.68. The van der Waals surface area contributed by atoms with Crippen LogP contribution in [0.5, 0.6) is 0 Å². The molecule has 1 heteroatoms. The van der Waals surface area contributed by atoms with Crippen molar-refractivity contribution < 1.29 is 5.11 Å². The Morgan fingerprint density at radius 1 is 0.900 bits per heavy atom. The minimum absolute atomic E-state index is 0.365. The fourth-order valence-electron chi connectivity index (χ4n) is 9.25. The SMILES string of the molecule is CCC1(O)CC[C@@]2(C)C(CC[C@H]3[C@@H]4CC[C@H]([C@H](C)C=CCC(C)C)[C@@]4(C)CC[C@@H]32)C1. The summed E-state index contributed by atoms with van der Waals surface area (Å²) in [7, 11) is 0. The highest BCUT2D eigenvalue weighted by molar-refractivity contribution is 5.12. The van der Waals surface area contributed by atoms with Gasteiger partial charge in [0.05, 0.1) is 5.60 Å². The van der Waals surface area contributed by atoms with E-state index in [0.29, 0.717) is 10.8 Å². The molecular formula is C29H50O. The van der Waals surface area contributed by atoms with E-state index in [9.17, 15) is 5.11 Å². The lowest BCUT2D eigenvalue weighted by Crippen LogP contribution is -2.56. The highest BCUT2D eigenvalue weighted by atomic mass is 16.3. The van der Waals surface area contributed by atoms with Crippen molar-refractivity contribution in [3.05, 3.63) is 12.2 Å². The van der Waals surface area contributed by atoms with Crippen molar-refractivity contribution in [2.24, 2.45) is 52.3 Å². The summed E-state index contributed by atoms with van der Waals surface area (Å²) >= 11 is 0. The number of hydrogen-bond acceptors (Lipinski definition) is 1. The van der Waals surface area contributed by atoms with E-state index in [2.05, 4.69) is 53.7 Å². The monoisotopic (exact) mass is 414 g/mol. The number of allylic oxidation sites excluding steroid dienone is 2. The van der Waals surface area contributed by atoms with E-state index in [-0.39, 0.29) is 5.60 Å². The van der Waals surface area contributed by atoms with Crippen molar-refractivity contribution in [1.29, 1.82) is 0 Å². The molecule has 4 saturated carbocycles. The van der Waals surface area contributed by atoms with Crippen molar-refractivity contribution in [1.82, 2.24) is 0 Å². The molecule has 4 fully saturated rings. The van der Waals surface area contributed by atoms with Crippen LogP contribution >= 0.6 is 0 Å². The third-order valence-corrected chi connectivity index (χ3v) is 11.2. The van der Waals surface area contributed by atoms with Crippen molar-refractivity contribution >= 4 is 0 Å². The fourth-order valence-corrected chi connectivity index (χ4v) is 9.25. The molecule has 9 atom stereocenters. The number of fused-ring (bicyclic) bond motifs is 5. The average molecular weight is 415 g/mol. The standard InChI is InChI=1S/C29H50O/c1-7-29(30)18-17-27(5)22(19-29)11-12-23-25-14-13-24(21(4)10-8-9-20(2)3)28(25,6)16-15-26(23)27/h8,10,20-26,30H,7,9,11-19H2,1-6H3/t21-,22?,23+,24-,25+,26+,27+,28-,29?/m1/s1. The van der Waals surface area contributed by atoms with E-state index >= 15 is 0 Å². The van der Waals surface area contributed by atoms with Crippen LogP contribution in [0.3, 0.4) is 0 Å². The predicted molar refractivity (Wildman–Crippen MR) is 128 cm³/mol. The van der Waals surface area contributed by atoms with E-state index in [4.69, 9.17) is 0 Å². The second-order valence-corrected chi connectivity index (χ2v) is 13.1. The third-order valence-electron chi connectivity index (χ3n) is 11.2. The van der Waals surface area contributed by atoms with E-state index in [1.165, 1.54) is 51.4 Å². The second-order valence-electron chi connectivity index (χ2n) is 13.1. The average Bonchev–Trinajstić information content (AvgIpc) is 3.05. The molecule has 4 rings (SSSR count). The van der Waals surface area contributed by atoms with Gasteiger partial charge in [-0.25, -0.2) is 0 Å². The van der Waals surface area contributed by atoms with E-state index < -0.39 is 0 Å². The van der Waals surface area contributed by atoms with Crippen molar-refractivity contribution in [2.45, 2.75) is 118 Å². The number of aliphatic hydroxyl groups is 1. The Kier molecular flexibility index (Phi) is 6.28. The van der Waals surface area contributed by atoms with Gasteiger partial charge in [0.15, 0.2) is 0 Å². The molecular weight excluding hydrogens is 364 g/mol. The van der Waals surface area contributed by atoms with Crippen LogP contribution in [0.1, 0.15) is 112 Å². The minimum Gasteiger partial charge on any atom is -0.390 e. The van der Waals surface area contributed by atoms with Gasteiger partial charge >= 0.3 is 0 Å². The maximum Gasteiger partial charge on any atom is 0.0648 e. The number of hydrogen-bond donors (Lipinski definition) is 1. The smallest absolute Gasteiger partial charge is 0.0648 e. The molecule has 0 saturated heterocycles. The molecule has 4 aliphatic rings. The van der Waals surface area contributed by atoms with Crippen molar-refractivity contribution in [2.75, 3.05) is 0 Å². The van der Waals surface area contributed by atoms with Crippen molar-refractivity contribution in [3.63, 3.8) is 0 Å². The fraction of sp³-hybridized carbons (Fsp3) is 0.931. The first kappa shape index (κ1) is 22.9. The molecule has 0 aromatic rings. The summed E-state index contributed by atoms with van der Waals surface area (Å²) in [6.07, 6.45) is 19.2. The molecule has 0 aliphatic heterocycles. The first-order valence-corrected chi connectivity index (χ1v) is 13.5. The maximum atomic E-state index is 11.0. The molecule has 0 amide bonds. The van der Waals surface area contributed by atoms with Crippen LogP contribution in [0.25, 0.3) is 0 Å². The molecule has 4 aliphatic carbocycles. The zero-order valence-electron chi connectivity index (χ0n) is 20.9. The van der Waals surface area contributed by atoms with Gasteiger partial charge in [0, 0.05) is 0 Å². The Bertz CT molecular complexity index is 636. The Hall–Kier alpha value is -0.300. The lowest BCUT2D eigenvalue weighted by molar-refractivity contribution is -0.152. The van der Waals surface area contributed by atoms with Crippen LogP contribution in [0.2, 0.25) is 0 Å². The summed E-state index contributed by atoms with van der Waals surface area (Å²) in [4.78, 5) is 0. The minimum atomic E-state index is -0.365. The Morgan fingerprint density at radius 2 is 1.63 bits per heavy atom. The summed E-state index contributed by atoms with van der Waals surface area (Å²) in [6, 6.07) is 0. The topological polar surface area (TPSA) is 20.2 Å². The molecule has 0 radical (unpaired) electrons. The van der Waals surface area contributed by atoms with Crippen LogP contribution < -0.4 is 0 Å². The third kappa shape index (κ3) is 3.74. The van der Waals surface area contributed by atoms with Gasteiger partial charge in [0.25, 0.3) is 0 Å². The summed E-state index contributed by atoms with van der Waals surface area (Å²) in [5.41, 5.74) is 0.688. The highest BCUT2D eigenvalue weighted by Gasteiger charge is 2.61. The van der Waals surface area contributed by atoms with E-state index in [1.807, 2.05) is 0 Å². The van der Waals surface area contributed by atoms with Crippen LogP contribution in [-0.2, 0) is 0 Å². The molecule has 30 heavy (non-hydrogen) atoms. The van der Waals surface area contributed by atoms with Crippen LogP contribution in [0, 0.1) is 52.3 Å². The first-order chi connectivity index (χ1) is 14.1.